The molecule has 2 heterocycles. The van der Waals surface area contributed by atoms with E-state index in [-0.39, 0.29) is 17.4 Å². The second kappa shape index (κ2) is 10.8. The number of oxime groups is 1. The molecule has 198 valence electrons. The molecule has 2 unspecified atom stereocenters. The number of esters is 1. The largest absolute Gasteiger partial charge is 0.440 e. The lowest BCUT2D eigenvalue weighted by atomic mass is 9.96. The summed E-state index contributed by atoms with van der Waals surface area (Å²) in [5, 5.41) is 15.7. The summed E-state index contributed by atoms with van der Waals surface area (Å²) in [6.45, 7) is 3.72. The number of fused-ring (bicyclic) bond motifs is 3. The summed E-state index contributed by atoms with van der Waals surface area (Å²) >= 11 is 0. The maximum atomic E-state index is 13.2. The Morgan fingerprint density at radius 3 is 2.39 bits per heavy atom. The van der Waals surface area contributed by atoms with Gasteiger partial charge in [0.05, 0.1) is 24.3 Å². The minimum absolute atomic E-state index is 0.00322. The van der Waals surface area contributed by atoms with Gasteiger partial charge in [0.25, 0.3) is 5.96 Å². The van der Waals surface area contributed by atoms with Crippen LogP contribution in [0.5, 0.6) is 0 Å². The number of benzene rings is 1. The fraction of sp³-hybridized carbons (Fsp3) is 0.545. The van der Waals surface area contributed by atoms with Gasteiger partial charge in [-0.25, -0.2) is 18.0 Å². The number of carbonyl (C=O) groups is 3. The standard InChI is InChI=1S/C22H30N4O9S/c1-15(2)26-17(14-36(31,32)16-8-6-5-7-9-16)33-18(27)12-22(30)13-19(28)35-25(11-10-24(3)4)21(26)23-34-20(22)29/h5-9,15,17,30H,10-14H2,1-4H3/b23-21+. The molecule has 0 fully saturated rings. The van der Waals surface area contributed by atoms with Crippen LogP contribution in [0.3, 0.4) is 0 Å². The average molecular weight is 527 g/mol. The number of rotatable bonds is 7. The number of likely N-dealkylation sites (N-methyl/N-ethyl adjacent to an activating group) is 1. The third kappa shape index (κ3) is 6.30. The van der Waals surface area contributed by atoms with Crippen molar-refractivity contribution in [2.24, 2.45) is 5.16 Å². The zero-order valence-corrected chi connectivity index (χ0v) is 21.3. The van der Waals surface area contributed by atoms with Gasteiger partial charge in [-0.3, -0.25) is 9.69 Å². The summed E-state index contributed by atoms with van der Waals surface area (Å²) in [4.78, 5) is 51.6. The van der Waals surface area contributed by atoms with Crippen molar-refractivity contribution in [3.8, 4) is 0 Å². The van der Waals surface area contributed by atoms with Crippen LogP contribution in [0.1, 0.15) is 26.7 Å². The maximum Gasteiger partial charge on any atom is 0.367 e. The first kappa shape index (κ1) is 27.4. The van der Waals surface area contributed by atoms with E-state index in [4.69, 9.17) is 14.4 Å². The van der Waals surface area contributed by atoms with Gasteiger partial charge in [-0.2, -0.15) is 5.06 Å². The summed E-state index contributed by atoms with van der Waals surface area (Å²) in [7, 11) is -0.440. The summed E-state index contributed by atoms with van der Waals surface area (Å²) in [5.74, 6) is -4.44. The highest BCUT2D eigenvalue weighted by Crippen LogP contribution is 2.27. The monoisotopic (exact) mass is 526 g/mol. The van der Waals surface area contributed by atoms with Gasteiger partial charge in [0.2, 0.25) is 0 Å². The van der Waals surface area contributed by atoms with E-state index >= 15 is 0 Å². The Kier molecular flexibility index (Phi) is 8.21. The van der Waals surface area contributed by atoms with Crippen LogP contribution < -0.4 is 0 Å². The van der Waals surface area contributed by atoms with Gasteiger partial charge >= 0.3 is 17.9 Å². The Labute approximate surface area is 209 Å². The quantitative estimate of drug-likeness (QED) is 0.367. The van der Waals surface area contributed by atoms with E-state index in [0.717, 1.165) is 5.06 Å². The third-order valence-electron chi connectivity index (χ3n) is 5.48. The van der Waals surface area contributed by atoms with Crippen LogP contribution in [-0.4, -0.2) is 103 Å². The number of hydrogen-bond acceptors (Lipinski definition) is 13. The van der Waals surface area contributed by atoms with Crippen molar-refractivity contribution in [3.63, 3.8) is 0 Å². The molecule has 13 nitrogen and oxygen atoms in total. The summed E-state index contributed by atoms with van der Waals surface area (Å²) < 4.78 is 32.0. The van der Waals surface area contributed by atoms with E-state index in [9.17, 15) is 27.9 Å². The SMILES string of the molecule is CC(C)N1/C2=N/OC(=O)C(O)(CC(=O)OC1CS(=O)(=O)c1ccccc1)CC(=O)ON2CCN(C)C. The molecule has 1 aromatic rings. The predicted octanol–water partition coefficient (Wildman–Crippen LogP) is -0.285. The highest BCUT2D eigenvalue weighted by molar-refractivity contribution is 7.91. The first-order valence-electron chi connectivity index (χ1n) is 11.2. The molecule has 2 atom stereocenters. The van der Waals surface area contributed by atoms with Crippen molar-refractivity contribution in [2.75, 3.05) is 32.9 Å². The molecule has 0 saturated heterocycles. The highest BCUT2D eigenvalue weighted by atomic mass is 32.2. The number of nitrogens with zero attached hydrogens (tertiary/aromatic N) is 4. The molecule has 2 bridgehead atoms. The number of cyclic esters (lactones) is 1. The highest BCUT2D eigenvalue weighted by Gasteiger charge is 2.48. The lowest BCUT2D eigenvalue weighted by Crippen LogP contribution is -2.57. The lowest BCUT2D eigenvalue weighted by molar-refractivity contribution is -0.185. The minimum Gasteiger partial charge on any atom is -0.440 e. The molecule has 1 N–H and O–H groups in total. The van der Waals surface area contributed by atoms with Gasteiger partial charge in [-0.05, 0) is 45.2 Å². The summed E-state index contributed by atoms with van der Waals surface area (Å²) in [6.07, 6.45) is -3.35. The van der Waals surface area contributed by atoms with Crippen molar-refractivity contribution < 1.29 is 42.3 Å². The normalized spacial score (nSPS) is 25.0. The number of carbonyl (C=O) groups excluding carboxylic acids is 3. The Balaban J connectivity index is 2.15. The first-order chi connectivity index (χ1) is 16.8. The van der Waals surface area contributed by atoms with Gasteiger partial charge in [0.1, 0.15) is 5.75 Å². The van der Waals surface area contributed by atoms with Crippen molar-refractivity contribution in [1.29, 1.82) is 0 Å². The van der Waals surface area contributed by atoms with E-state index < -0.39 is 64.2 Å². The second-order valence-electron chi connectivity index (χ2n) is 9.06. The molecular formula is C22H30N4O9S. The van der Waals surface area contributed by atoms with E-state index in [0.29, 0.717) is 6.54 Å². The molecule has 1 aromatic carbocycles. The Bertz CT molecular complexity index is 1120. The zero-order valence-electron chi connectivity index (χ0n) is 20.5. The van der Waals surface area contributed by atoms with Crippen LogP contribution in [-0.2, 0) is 38.6 Å². The van der Waals surface area contributed by atoms with Crippen LogP contribution in [0.15, 0.2) is 40.4 Å². The molecule has 0 spiro atoms. The van der Waals surface area contributed by atoms with Crippen LogP contribution in [0.4, 0.5) is 0 Å². The average Bonchev–Trinajstić information content (AvgIpc) is 2.80. The minimum atomic E-state index is -3.99. The molecule has 0 radical (unpaired) electrons. The van der Waals surface area contributed by atoms with E-state index in [1.807, 2.05) is 0 Å². The fourth-order valence-corrected chi connectivity index (χ4v) is 5.04. The smallest absolute Gasteiger partial charge is 0.367 e. The first-order valence-corrected chi connectivity index (χ1v) is 12.9. The van der Waals surface area contributed by atoms with Gasteiger partial charge < -0.3 is 24.4 Å². The van der Waals surface area contributed by atoms with Crippen LogP contribution in [0, 0.1) is 0 Å². The summed E-state index contributed by atoms with van der Waals surface area (Å²) in [5.41, 5.74) is -2.62. The Morgan fingerprint density at radius 2 is 1.78 bits per heavy atom. The third-order valence-corrected chi connectivity index (χ3v) is 7.19. The molecule has 2 aliphatic heterocycles. The molecule has 14 heteroatoms. The van der Waals surface area contributed by atoms with Gasteiger partial charge in [-0.1, -0.05) is 18.2 Å². The predicted molar refractivity (Wildman–Crippen MR) is 124 cm³/mol. The number of guanidine groups is 1. The van der Waals surface area contributed by atoms with Crippen molar-refractivity contribution in [2.45, 2.75) is 49.5 Å². The van der Waals surface area contributed by atoms with Crippen LogP contribution in [0.25, 0.3) is 0 Å². The number of sulfone groups is 1. The fourth-order valence-electron chi connectivity index (χ4n) is 3.67. The molecule has 0 amide bonds. The number of hydrogen-bond donors (Lipinski definition) is 1. The zero-order chi connectivity index (χ0) is 26.7. The van der Waals surface area contributed by atoms with Gasteiger partial charge in [-0.15, -0.1) is 0 Å². The van der Waals surface area contributed by atoms with Crippen molar-refractivity contribution in [3.05, 3.63) is 30.3 Å². The molecule has 36 heavy (non-hydrogen) atoms. The summed E-state index contributed by atoms with van der Waals surface area (Å²) in [6, 6.07) is 7.02. The maximum absolute atomic E-state index is 13.2. The molecule has 2 aliphatic rings. The van der Waals surface area contributed by atoms with Crippen LogP contribution >= 0.6 is 0 Å². The van der Waals surface area contributed by atoms with Crippen molar-refractivity contribution >= 4 is 33.7 Å². The van der Waals surface area contributed by atoms with Gasteiger partial charge in [0.15, 0.2) is 21.7 Å². The van der Waals surface area contributed by atoms with Crippen LogP contribution in [0.2, 0.25) is 0 Å². The second-order valence-corrected chi connectivity index (χ2v) is 11.1. The molecule has 0 aliphatic carbocycles. The van der Waals surface area contributed by atoms with E-state index in [1.165, 1.54) is 17.0 Å². The lowest BCUT2D eigenvalue weighted by Gasteiger charge is -2.39. The topological polar surface area (TPSA) is 155 Å². The number of hydroxylamine groups is 2. The van der Waals surface area contributed by atoms with E-state index in [2.05, 4.69) is 5.16 Å². The number of ether oxygens (including phenoxy) is 1. The molecule has 0 saturated carbocycles. The Morgan fingerprint density at radius 1 is 1.14 bits per heavy atom. The molecule has 0 aromatic heterocycles. The van der Waals surface area contributed by atoms with Crippen molar-refractivity contribution in [1.82, 2.24) is 14.9 Å². The van der Waals surface area contributed by atoms with Gasteiger partial charge in [0, 0.05) is 12.6 Å². The number of aliphatic hydroxyl groups is 1. The van der Waals surface area contributed by atoms with E-state index in [1.54, 1.807) is 51.0 Å². The molecule has 3 rings (SSSR count). The molecular weight excluding hydrogens is 496 g/mol. The Hall–Kier alpha value is -3.23.